The molecule has 5 nitrogen and oxygen atoms in total. The fraction of sp³-hybridized carbons (Fsp3) is 0.455. The van der Waals surface area contributed by atoms with Crippen LogP contribution in [0.25, 0.3) is 0 Å². The molecule has 0 radical (unpaired) electrons. The van der Waals surface area contributed by atoms with Gasteiger partial charge in [-0.2, -0.15) is 0 Å². The van der Waals surface area contributed by atoms with E-state index in [2.05, 4.69) is 28.0 Å². The third-order valence-corrected chi connectivity index (χ3v) is 5.73. The number of hydrogen-bond acceptors (Lipinski definition) is 4. The summed E-state index contributed by atoms with van der Waals surface area (Å²) in [6, 6.07) is 14.7. The third kappa shape index (κ3) is 4.37. The van der Waals surface area contributed by atoms with Crippen LogP contribution in [-0.4, -0.2) is 28.4 Å². The summed E-state index contributed by atoms with van der Waals surface area (Å²) in [6.45, 7) is 1.56. The lowest BCUT2D eigenvalue weighted by Gasteiger charge is -2.34. The number of hydrazine groups is 1. The van der Waals surface area contributed by atoms with Crippen molar-refractivity contribution in [3.05, 3.63) is 65.5 Å². The molecule has 1 aliphatic carbocycles. The molecule has 0 bridgehead atoms. The molecule has 1 atom stereocenters. The molecule has 1 amide bonds. The maximum atomic E-state index is 13.4. The molecule has 142 valence electrons. The van der Waals surface area contributed by atoms with Gasteiger partial charge in [0.25, 0.3) is 5.91 Å². The van der Waals surface area contributed by atoms with Crippen LogP contribution in [0.5, 0.6) is 0 Å². The molecule has 1 saturated carbocycles. The van der Waals surface area contributed by atoms with Gasteiger partial charge >= 0.3 is 0 Å². The Morgan fingerprint density at radius 3 is 2.52 bits per heavy atom. The van der Waals surface area contributed by atoms with E-state index in [0.29, 0.717) is 18.6 Å². The van der Waals surface area contributed by atoms with Gasteiger partial charge in [-0.3, -0.25) is 20.6 Å². The van der Waals surface area contributed by atoms with Crippen molar-refractivity contribution in [2.24, 2.45) is 0 Å². The summed E-state index contributed by atoms with van der Waals surface area (Å²) in [6.07, 6.45) is 8.74. The van der Waals surface area contributed by atoms with Gasteiger partial charge in [-0.15, -0.1) is 0 Å². The van der Waals surface area contributed by atoms with E-state index in [9.17, 15) is 4.79 Å². The molecule has 1 aromatic heterocycles. The number of nitrogens with zero attached hydrogens (tertiary/aromatic N) is 2. The van der Waals surface area contributed by atoms with Gasteiger partial charge in [0.15, 0.2) is 0 Å². The molecule has 4 rings (SSSR count). The zero-order chi connectivity index (χ0) is 18.5. The summed E-state index contributed by atoms with van der Waals surface area (Å²) in [4.78, 5) is 19.8. The van der Waals surface area contributed by atoms with E-state index in [4.69, 9.17) is 0 Å². The van der Waals surface area contributed by atoms with Crippen LogP contribution in [0.4, 0.5) is 0 Å². The van der Waals surface area contributed by atoms with E-state index in [1.54, 1.807) is 6.20 Å². The maximum Gasteiger partial charge on any atom is 0.254 e. The van der Waals surface area contributed by atoms with Gasteiger partial charge in [0.1, 0.15) is 0 Å². The molecular formula is C22H28N4O. The number of amides is 1. The summed E-state index contributed by atoms with van der Waals surface area (Å²) in [5, 5.41) is 0. The smallest absolute Gasteiger partial charge is 0.254 e. The normalized spacial score (nSPS) is 20.5. The molecule has 2 aliphatic rings. The van der Waals surface area contributed by atoms with E-state index in [1.165, 1.54) is 24.8 Å². The van der Waals surface area contributed by atoms with Crippen LogP contribution in [0.1, 0.15) is 66.2 Å². The topological polar surface area (TPSA) is 57.3 Å². The van der Waals surface area contributed by atoms with Gasteiger partial charge in [0.05, 0.1) is 12.2 Å². The standard InChI is InChI=1S/C22H28N4O/c27-22(18-11-9-17(10-12-18)21-13-15-24-25-21)26(20-7-2-1-3-8-20)16-19-6-4-5-14-23-19/h4-6,9-12,14,20-21,24-25H,1-3,7-8,13,15-16H2. The number of rotatable bonds is 5. The molecule has 2 aromatic rings. The molecule has 2 N–H and O–H groups in total. The Kier molecular flexibility index (Phi) is 5.80. The Hall–Kier alpha value is -2.24. The summed E-state index contributed by atoms with van der Waals surface area (Å²) < 4.78 is 0. The quantitative estimate of drug-likeness (QED) is 0.851. The van der Waals surface area contributed by atoms with E-state index in [0.717, 1.165) is 37.1 Å². The average Bonchev–Trinajstić information content (AvgIpc) is 3.28. The summed E-state index contributed by atoms with van der Waals surface area (Å²) in [5.74, 6) is 0.122. The average molecular weight is 364 g/mol. The van der Waals surface area contributed by atoms with Gasteiger partial charge in [0, 0.05) is 30.4 Å². The second-order valence-electron chi connectivity index (χ2n) is 7.58. The fourth-order valence-electron chi connectivity index (χ4n) is 4.18. The molecule has 5 heteroatoms. The Morgan fingerprint density at radius 2 is 1.85 bits per heavy atom. The lowest BCUT2D eigenvalue weighted by molar-refractivity contribution is 0.0611. The van der Waals surface area contributed by atoms with Crippen LogP contribution in [0.15, 0.2) is 48.7 Å². The predicted molar refractivity (Wildman–Crippen MR) is 106 cm³/mol. The van der Waals surface area contributed by atoms with Crippen molar-refractivity contribution in [3.8, 4) is 0 Å². The molecule has 1 aromatic carbocycles. The predicted octanol–water partition coefficient (Wildman–Crippen LogP) is 3.60. The van der Waals surface area contributed by atoms with Crippen LogP contribution in [0, 0.1) is 0 Å². The number of carbonyl (C=O) groups excluding carboxylic acids is 1. The van der Waals surface area contributed by atoms with Gasteiger partial charge in [-0.25, -0.2) is 0 Å². The number of carbonyl (C=O) groups is 1. The monoisotopic (exact) mass is 364 g/mol. The van der Waals surface area contributed by atoms with Gasteiger partial charge in [-0.05, 0) is 49.1 Å². The van der Waals surface area contributed by atoms with E-state index >= 15 is 0 Å². The fourth-order valence-corrected chi connectivity index (χ4v) is 4.18. The van der Waals surface area contributed by atoms with Crippen molar-refractivity contribution in [1.29, 1.82) is 0 Å². The van der Waals surface area contributed by atoms with Crippen molar-refractivity contribution in [2.75, 3.05) is 6.54 Å². The van der Waals surface area contributed by atoms with Crippen molar-refractivity contribution in [3.63, 3.8) is 0 Å². The maximum absolute atomic E-state index is 13.4. The lowest BCUT2D eigenvalue weighted by atomic mass is 9.93. The molecule has 0 spiro atoms. The lowest BCUT2D eigenvalue weighted by Crippen LogP contribution is -2.41. The van der Waals surface area contributed by atoms with Crippen LogP contribution < -0.4 is 10.9 Å². The molecule has 27 heavy (non-hydrogen) atoms. The number of pyridine rings is 1. The minimum Gasteiger partial charge on any atom is -0.330 e. The first-order chi connectivity index (χ1) is 13.3. The second kappa shape index (κ2) is 8.63. The summed E-state index contributed by atoms with van der Waals surface area (Å²) >= 11 is 0. The Balaban J connectivity index is 1.53. The highest BCUT2D eigenvalue weighted by molar-refractivity contribution is 5.94. The third-order valence-electron chi connectivity index (χ3n) is 5.73. The highest BCUT2D eigenvalue weighted by Gasteiger charge is 2.27. The van der Waals surface area contributed by atoms with Gasteiger partial charge in [-0.1, -0.05) is 37.5 Å². The SMILES string of the molecule is O=C(c1ccc(C2CCNN2)cc1)N(Cc1ccccn1)C1CCCCC1. The Morgan fingerprint density at radius 1 is 1.04 bits per heavy atom. The van der Waals surface area contributed by atoms with Crippen molar-refractivity contribution in [2.45, 2.75) is 57.2 Å². The zero-order valence-corrected chi connectivity index (χ0v) is 15.7. The zero-order valence-electron chi connectivity index (χ0n) is 15.7. The molecule has 2 heterocycles. The second-order valence-corrected chi connectivity index (χ2v) is 7.58. The van der Waals surface area contributed by atoms with Crippen LogP contribution in [0.3, 0.4) is 0 Å². The van der Waals surface area contributed by atoms with Gasteiger partial charge in [0.2, 0.25) is 0 Å². The van der Waals surface area contributed by atoms with Crippen LogP contribution in [-0.2, 0) is 6.54 Å². The minimum absolute atomic E-state index is 0.122. The highest BCUT2D eigenvalue weighted by atomic mass is 16.2. The summed E-state index contributed by atoms with van der Waals surface area (Å²) in [7, 11) is 0. The van der Waals surface area contributed by atoms with Crippen molar-refractivity contribution in [1.82, 2.24) is 20.7 Å². The van der Waals surface area contributed by atoms with Crippen LogP contribution in [0.2, 0.25) is 0 Å². The van der Waals surface area contributed by atoms with E-state index in [1.807, 2.05) is 35.2 Å². The van der Waals surface area contributed by atoms with Crippen LogP contribution >= 0.6 is 0 Å². The first-order valence-corrected chi connectivity index (χ1v) is 10.1. The van der Waals surface area contributed by atoms with E-state index in [-0.39, 0.29) is 5.91 Å². The largest absolute Gasteiger partial charge is 0.330 e. The molecule has 1 unspecified atom stereocenters. The Bertz CT molecular complexity index is 735. The molecule has 2 fully saturated rings. The number of aromatic nitrogens is 1. The van der Waals surface area contributed by atoms with Crippen molar-refractivity contribution < 1.29 is 4.79 Å². The molecular weight excluding hydrogens is 336 g/mol. The summed E-state index contributed by atoms with van der Waals surface area (Å²) in [5.41, 5.74) is 9.39. The number of benzene rings is 1. The Labute approximate surface area is 161 Å². The number of hydrogen-bond donors (Lipinski definition) is 2. The molecule has 1 aliphatic heterocycles. The van der Waals surface area contributed by atoms with Gasteiger partial charge < -0.3 is 4.90 Å². The minimum atomic E-state index is 0.122. The molecule has 1 saturated heterocycles. The highest BCUT2D eigenvalue weighted by Crippen LogP contribution is 2.26. The number of nitrogens with one attached hydrogen (secondary N) is 2. The first kappa shape index (κ1) is 18.1. The van der Waals surface area contributed by atoms with E-state index < -0.39 is 0 Å². The van der Waals surface area contributed by atoms with Crippen molar-refractivity contribution >= 4 is 5.91 Å². The first-order valence-electron chi connectivity index (χ1n) is 10.1.